The summed E-state index contributed by atoms with van der Waals surface area (Å²) in [6.07, 6.45) is 0. The van der Waals surface area contributed by atoms with Gasteiger partial charge in [-0.2, -0.15) is 0 Å². The minimum Gasteiger partial charge on any atom is -0.462 e. The van der Waals surface area contributed by atoms with E-state index in [4.69, 9.17) is 20.3 Å². The van der Waals surface area contributed by atoms with Crippen molar-refractivity contribution in [2.45, 2.75) is 6.92 Å². The van der Waals surface area contributed by atoms with Gasteiger partial charge in [-0.15, -0.1) is 0 Å². The standard InChI is InChI=1S/C9H13N2O4P/c1-2-14-9(12)7-4-3-5-8(6-7)15-16(10,11)13/h3-6H,2H2,1H3,(H4,10,11,13). The Hall–Kier alpha value is -1.36. The summed E-state index contributed by atoms with van der Waals surface area (Å²) >= 11 is 0. The first-order valence-corrected chi connectivity index (χ1v) is 6.32. The molecule has 0 aromatic heterocycles. The number of carbonyl (C=O) groups excluding carboxylic acids is 1. The Balaban J connectivity index is 2.87. The fourth-order valence-corrected chi connectivity index (χ4v) is 1.50. The van der Waals surface area contributed by atoms with Gasteiger partial charge in [0.1, 0.15) is 5.75 Å². The highest BCUT2D eigenvalue weighted by atomic mass is 31.2. The zero-order chi connectivity index (χ0) is 12.2. The van der Waals surface area contributed by atoms with Crippen LogP contribution in [0.25, 0.3) is 0 Å². The van der Waals surface area contributed by atoms with Crippen molar-refractivity contribution in [3.63, 3.8) is 0 Å². The molecular weight excluding hydrogens is 231 g/mol. The van der Waals surface area contributed by atoms with E-state index in [0.717, 1.165) is 0 Å². The lowest BCUT2D eigenvalue weighted by molar-refractivity contribution is 0.0526. The van der Waals surface area contributed by atoms with E-state index in [9.17, 15) is 9.36 Å². The van der Waals surface area contributed by atoms with Crippen molar-refractivity contribution in [1.82, 2.24) is 0 Å². The van der Waals surface area contributed by atoms with E-state index in [-0.39, 0.29) is 17.9 Å². The quantitative estimate of drug-likeness (QED) is 0.610. The molecule has 0 spiro atoms. The molecule has 88 valence electrons. The van der Waals surface area contributed by atoms with Gasteiger partial charge in [0.2, 0.25) is 0 Å². The second-order valence-electron chi connectivity index (χ2n) is 2.98. The van der Waals surface area contributed by atoms with Crippen molar-refractivity contribution in [2.75, 3.05) is 6.61 Å². The second-order valence-corrected chi connectivity index (χ2v) is 4.46. The third kappa shape index (κ3) is 4.02. The lowest BCUT2D eigenvalue weighted by Gasteiger charge is -2.10. The average Bonchev–Trinajstić information content (AvgIpc) is 2.16. The van der Waals surface area contributed by atoms with Crippen LogP contribution in [0.5, 0.6) is 5.75 Å². The molecule has 0 fully saturated rings. The fraction of sp³-hybridized carbons (Fsp3) is 0.222. The molecular formula is C9H13N2O4P. The highest BCUT2D eigenvalue weighted by Crippen LogP contribution is 2.30. The number of benzene rings is 1. The molecule has 1 aromatic rings. The number of nitrogens with two attached hydrogens (primary N) is 2. The number of esters is 1. The van der Waals surface area contributed by atoms with E-state index in [1.165, 1.54) is 12.1 Å². The van der Waals surface area contributed by atoms with Crippen LogP contribution in [-0.4, -0.2) is 12.6 Å². The van der Waals surface area contributed by atoms with Crippen LogP contribution >= 0.6 is 7.67 Å². The predicted octanol–water partition coefficient (Wildman–Crippen LogP) is 1.27. The molecule has 7 heteroatoms. The summed E-state index contributed by atoms with van der Waals surface area (Å²) < 4.78 is 20.6. The van der Waals surface area contributed by atoms with Crippen LogP contribution in [0.15, 0.2) is 24.3 Å². The Morgan fingerprint density at radius 1 is 1.44 bits per heavy atom. The van der Waals surface area contributed by atoms with E-state index >= 15 is 0 Å². The number of hydrogen-bond donors (Lipinski definition) is 2. The third-order valence-corrected chi connectivity index (χ3v) is 2.09. The van der Waals surface area contributed by atoms with Crippen molar-refractivity contribution in [1.29, 1.82) is 0 Å². The number of hydrogen-bond acceptors (Lipinski definition) is 4. The van der Waals surface area contributed by atoms with Crippen LogP contribution in [0.1, 0.15) is 17.3 Å². The molecule has 6 nitrogen and oxygen atoms in total. The highest BCUT2D eigenvalue weighted by Gasteiger charge is 2.13. The van der Waals surface area contributed by atoms with Gasteiger partial charge in [0.25, 0.3) is 0 Å². The van der Waals surface area contributed by atoms with Crippen molar-refractivity contribution < 1.29 is 18.6 Å². The monoisotopic (exact) mass is 244 g/mol. The van der Waals surface area contributed by atoms with Gasteiger partial charge in [-0.1, -0.05) is 6.07 Å². The van der Waals surface area contributed by atoms with Gasteiger partial charge >= 0.3 is 13.6 Å². The summed E-state index contributed by atoms with van der Waals surface area (Å²) in [5, 5.41) is 0. The maximum Gasteiger partial charge on any atom is 0.385 e. The van der Waals surface area contributed by atoms with Crippen LogP contribution in [0.2, 0.25) is 0 Å². The fourth-order valence-electron chi connectivity index (χ4n) is 1.06. The normalized spacial score (nSPS) is 10.9. The molecule has 0 unspecified atom stereocenters. The number of ether oxygens (including phenoxy) is 1. The van der Waals surface area contributed by atoms with Crippen molar-refractivity contribution in [2.24, 2.45) is 11.0 Å². The van der Waals surface area contributed by atoms with Crippen molar-refractivity contribution in [3.05, 3.63) is 29.8 Å². The van der Waals surface area contributed by atoms with Gasteiger partial charge in [-0.3, -0.25) is 0 Å². The Labute approximate surface area is 93.1 Å². The zero-order valence-electron chi connectivity index (χ0n) is 8.75. The molecule has 0 bridgehead atoms. The van der Waals surface area contributed by atoms with E-state index in [0.29, 0.717) is 0 Å². The van der Waals surface area contributed by atoms with Crippen LogP contribution in [-0.2, 0) is 9.30 Å². The maximum atomic E-state index is 11.4. The van der Waals surface area contributed by atoms with Crippen molar-refractivity contribution in [3.8, 4) is 5.75 Å². The minimum absolute atomic E-state index is 0.166. The van der Waals surface area contributed by atoms with Crippen LogP contribution in [0, 0.1) is 0 Å². The van der Waals surface area contributed by atoms with E-state index < -0.39 is 13.6 Å². The van der Waals surface area contributed by atoms with Gasteiger partial charge in [-0.25, -0.2) is 20.4 Å². The van der Waals surface area contributed by atoms with Gasteiger partial charge in [0.15, 0.2) is 0 Å². The summed E-state index contributed by atoms with van der Waals surface area (Å²) in [5.74, 6) is -0.323. The molecule has 0 saturated carbocycles. The SMILES string of the molecule is CCOC(=O)c1cccc(OP(N)(N)=O)c1. The first-order valence-electron chi connectivity index (χ1n) is 4.56. The summed E-state index contributed by atoms with van der Waals surface area (Å²) in [4.78, 5) is 11.4. The summed E-state index contributed by atoms with van der Waals surface area (Å²) in [6, 6.07) is 5.96. The number of rotatable bonds is 4. The van der Waals surface area contributed by atoms with Gasteiger partial charge in [0.05, 0.1) is 12.2 Å². The first-order chi connectivity index (χ1) is 7.42. The highest BCUT2D eigenvalue weighted by molar-refractivity contribution is 7.54. The minimum atomic E-state index is -3.61. The molecule has 1 rings (SSSR count). The average molecular weight is 244 g/mol. The lowest BCUT2D eigenvalue weighted by atomic mass is 10.2. The molecule has 4 N–H and O–H groups in total. The Morgan fingerprint density at radius 2 is 2.12 bits per heavy atom. The molecule has 0 atom stereocenters. The molecule has 0 radical (unpaired) electrons. The maximum absolute atomic E-state index is 11.4. The molecule has 16 heavy (non-hydrogen) atoms. The molecule has 1 aromatic carbocycles. The Morgan fingerprint density at radius 3 is 2.69 bits per heavy atom. The Bertz CT molecular complexity index is 429. The largest absolute Gasteiger partial charge is 0.462 e. The van der Waals surface area contributed by atoms with Crippen LogP contribution in [0.3, 0.4) is 0 Å². The molecule has 0 amide bonds. The van der Waals surface area contributed by atoms with Crippen LogP contribution in [0.4, 0.5) is 0 Å². The van der Waals surface area contributed by atoms with Crippen molar-refractivity contribution >= 4 is 13.6 Å². The van der Waals surface area contributed by atoms with E-state index in [1.54, 1.807) is 19.1 Å². The predicted molar refractivity (Wildman–Crippen MR) is 59.0 cm³/mol. The first kappa shape index (κ1) is 12.7. The smallest absolute Gasteiger partial charge is 0.385 e. The van der Waals surface area contributed by atoms with Gasteiger partial charge in [-0.05, 0) is 25.1 Å². The third-order valence-electron chi connectivity index (χ3n) is 1.59. The molecule has 0 saturated heterocycles. The van der Waals surface area contributed by atoms with E-state index in [2.05, 4.69) is 0 Å². The molecule has 0 aliphatic rings. The topological polar surface area (TPSA) is 105 Å². The molecule has 0 aliphatic heterocycles. The lowest BCUT2D eigenvalue weighted by Crippen LogP contribution is -2.11. The summed E-state index contributed by atoms with van der Waals surface area (Å²) in [7, 11) is -3.61. The summed E-state index contributed by atoms with van der Waals surface area (Å²) in [6.45, 7) is 1.97. The van der Waals surface area contributed by atoms with E-state index in [1.807, 2.05) is 0 Å². The number of carbonyl (C=O) groups is 1. The second kappa shape index (κ2) is 5.12. The molecule has 0 heterocycles. The zero-order valence-corrected chi connectivity index (χ0v) is 9.65. The van der Waals surface area contributed by atoms with Gasteiger partial charge < -0.3 is 9.26 Å². The van der Waals surface area contributed by atoms with Crippen LogP contribution < -0.4 is 15.5 Å². The van der Waals surface area contributed by atoms with Gasteiger partial charge in [0, 0.05) is 0 Å². The summed E-state index contributed by atoms with van der Waals surface area (Å²) in [5.41, 5.74) is 10.4. The Kier molecular flexibility index (Phi) is 4.06. The molecule has 0 aliphatic carbocycles.